The SMILES string of the molecule is CN(Cc1ccco1)C(=O)c1ccc(NCc2ccccc2Cl)c([N+](=O)[O-])c1. The van der Waals surface area contributed by atoms with Crippen LogP contribution in [0.15, 0.2) is 65.3 Å². The average Bonchev–Trinajstić information content (AvgIpc) is 3.19. The Balaban J connectivity index is 1.77. The summed E-state index contributed by atoms with van der Waals surface area (Å²) in [6.45, 7) is 0.596. The number of nitrogens with zero attached hydrogens (tertiary/aromatic N) is 2. The molecule has 3 rings (SSSR count). The number of nitro benzene ring substituents is 1. The van der Waals surface area contributed by atoms with Crippen molar-refractivity contribution in [1.29, 1.82) is 0 Å². The highest BCUT2D eigenvalue weighted by atomic mass is 35.5. The predicted molar refractivity (Wildman–Crippen MR) is 106 cm³/mol. The number of halogens is 1. The number of nitrogens with one attached hydrogen (secondary N) is 1. The molecule has 0 fully saturated rings. The average molecular weight is 400 g/mol. The molecule has 0 aliphatic carbocycles. The molecule has 1 aromatic heterocycles. The number of carbonyl (C=O) groups is 1. The van der Waals surface area contributed by atoms with Crippen LogP contribution in [0.3, 0.4) is 0 Å². The Hall–Kier alpha value is -3.32. The Bertz CT molecular complexity index is 989. The maximum Gasteiger partial charge on any atom is 0.293 e. The molecular weight excluding hydrogens is 382 g/mol. The minimum Gasteiger partial charge on any atom is -0.467 e. The molecule has 0 saturated heterocycles. The molecule has 0 radical (unpaired) electrons. The molecule has 1 N–H and O–H groups in total. The van der Waals surface area contributed by atoms with E-state index in [0.717, 1.165) is 5.56 Å². The quantitative estimate of drug-likeness (QED) is 0.458. The lowest BCUT2D eigenvalue weighted by Crippen LogP contribution is -2.26. The lowest BCUT2D eigenvalue weighted by molar-refractivity contribution is -0.384. The van der Waals surface area contributed by atoms with Gasteiger partial charge in [-0.1, -0.05) is 29.8 Å². The monoisotopic (exact) mass is 399 g/mol. The molecule has 0 aliphatic heterocycles. The molecule has 0 spiro atoms. The molecule has 28 heavy (non-hydrogen) atoms. The number of rotatable bonds is 7. The van der Waals surface area contributed by atoms with Gasteiger partial charge in [-0.3, -0.25) is 14.9 Å². The highest BCUT2D eigenvalue weighted by Crippen LogP contribution is 2.27. The predicted octanol–water partition coefficient (Wildman–Crippen LogP) is 4.73. The number of hydrogen-bond donors (Lipinski definition) is 1. The van der Waals surface area contributed by atoms with Gasteiger partial charge < -0.3 is 14.6 Å². The Kier molecular flexibility index (Phi) is 5.96. The standard InChI is InChI=1S/C20H18ClN3O4/c1-23(13-16-6-4-10-28-16)20(25)14-8-9-18(19(11-14)24(26)27)22-12-15-5-2-3-7-17(15)21/h2-11,22H,12-13H2,1H3. The van der Waals surface area contributed by atoms with Crippen LogP contribution in [-0.2, 0) is 13.1 Å². The summed E-state index contributed by atoms with van der Waals surface area (Å²) >= 11 is 6.12. The Morgan fingerprint density at radius 2 is 2.00 bits per heavy atom. The van der Waals surface area contributed by atoms with Crippen LogP contribution in [-0.4, -0.2) is 22.8 Å². The second-order valence-electron chi connectivity index (χ2n) is 6.17. The van der Waals surface area contributed by atoms with Gasteiger partial charge in [0.05, 0.1) is 17.7 Å². The van der Waals surface area contributed by atoms with E-state index in [1.165, 1.54) is 23.3 Å². The number of furan rings is 1. The fraction of sp³-hybridized carbons (Fsp3) is 0.150. The van der Waals surface area contributed by atoms with Crippen LogP contribution in [0.25, 0.3) is 0 Å². The van der Waals surface area contributed by atoms with Crippen molar-refractivity contribution in [2.24, 2.45) is 0 Å². The summed E-state index contributed by atoms with van der Waals surface area (Å²) in [6.07, 6.45) is 1.53. The van der Waals surface area contributed by atoms with Crippen LogP contribution in [0.5, 0.6) is 0 Å². The summed E-state index contributed by atoms with van der Waals surface area (Å²) in [6, 6.07) is 15.1. The van der Waals surface area contributed by atoms with Gasteiger partial charge in [-0.25, -0.2) is 0 Å². The van der Waals surface area contributed by atoms with Crippen LogP contribution in [0.2, 0.25) is 5.02 Å². The minimum atomic E-state index is -0.516. The zero-order valence-electron chi connectivity index (χ0n) is 15.1. The van der Waals surface area contributed by atoms with E-state index in [9.17, 15) is 14.9 Å². The summed E-state index contributed by atoms with van der Waals surface area (Å²) in [7, 11) is 1.61. The molecule has 1 amide bonds. The van der Waals surface area contributed by atoms with E-state index in [1.54, 1.807) is 31.3 Å². The van der Waals surface area contributed by atoms with Crippen molar-refractivity contribution in [3.63, 3.8) is 0 Å². The molecule has 144 valence electrons. The molecular formula is C20H18ClN3O4. The summed E-state index contributed by atoms with van der Waals surface area (Å²) in [5.74, 6) is 0.292. The van der Waals surface area contributed by atoms with Gasteiger partial charge in [0.15, 0.2) is 0 Å². The van der Waals surface area contributed by atoms with Crippen LogP contribution >= 0.6 is 11.6 Å². The van der Waals surface area contributed by atoms with Crippen molar-refractivity contribution in [3.05, 3.63) is 92.9 Å². The smallest absolute Gasteiger partial charge is 0.293 e. The van der Waals surface area contributed by atoms with Gasteiger partial charge in [0, 0.05) is 30.2 Å². The molecule has 0 aliphatic rings. The fourth-order valence-electron chi connectivity index (χ4n) is 2.73. The third kappa shape index (κ3) is 4.50. The van der Waals surface area contributed by atoms with Gasteiger partial charge in [0.2, 0.25) is 0 Å². The first-order valence-electron chi connectivity index (χ1n) is 8.49. The third-order valence-corrected chi connectivity index (χ3v) is 4.56. The van der Waals surface area contributed by atoms with Gasteiger partial charge in [-0.15, -0.1) is 0 Å². The van der Waals surface area contributed by atoms with E-state index < -0.39 is 4.92 Å². The molecule has 1 heterocycles. The molecule has 7 nitrogen and oxygen atoms in total. The van der Waals surface area contributed by atoms with Crippen molar-refractivity contribution in [1.82, 2.24) is 4.90 Å². The van der Waals surface area contributed by atoms with Crippen LogP contribution in [0.4, 0.5) is 11.4 Å². The number of benzene rings is 2. The van der Waals surface area contributed by atoms with Gasteiger partial charge >= 0.3 is 0 Å². The number of hydrogen-bond acceptors (Lipinski definition) is 5. The third-order valence-electron chi connectivity index (χ3n) is 4.19. The van der Waals surface area contributed by atoms with Crippen molar-refractivity contribution < 1.29 is 14.1 Å². The van der Waals surface area contributed by atoms with Crippen molar-refractivity contribution in [2.75, 3.05) is 12.4 Å². The van der Waals surface area contributed by atoms with E-state index in [4.69, 9.17) is 16.0 Å². The van der Waals surface area contributed by atoms with Crippen molar-refractivity contribution in [2.45, 2.75) is 13.1 Å². The largest absolute Gasteiger partial charge is 0.467 e. The topological polar surface area (TPSA) is 88.6 Å². The first-order chi connectivity index (χ1) is 13.5. The van der Waals surface area contributed by atoms with Crippen LogP contribution < -0.4 is 5.32 Å². The lowest BCUT2D eigenvalue weighted by Gasteiger charge is -2.16. The number of nitro groups is 1. The molecule has 0 unspecified atom stereocenters. The molecule has 0 atom stereocenters. The van der Waals surface area contributed by atoms with E-state index in [1.807, 2.05) is 18.2 Å². The second-order valence-corrected chi connectivity index (χ2v) is 6.58. The molecule has 8 heteroatoms. The summed E-state index contributed by atoms with van der Waals surface area (Å²) in [5, 5.41) is 15.1. The van der Waals surface area contributed by atoms with Gasteiger partial charge in [0.1, 0.15) is 11.4 Å². The fourth-order valence-corrected chi connectivity index (χ4v) is 2.93. The van der Waals surface area contributed by atoms with Gasteiger partial charge in [-0.05, 0) is 35.9 Å². The number of amides is 1. The Morgan fingerprint density at radius 3 is 2.68 bits per heavy atom. The zero-order chi connectivity index (χ0) is 20.1. The lowest BCUT2D eigenvalue weighted by atomic mass is 10.1. The minimum absolute atomic E-state index is 0.177. The van der Waals surface area contributed by atoms with E-state index in [-0.39, 0.29) is 23.7 Å². The van der Waals surface area contributed by atoms with Crippen LogP contribution in [0.1, 0.15) is 21.7 Å². The highest BCUT2D eigenvalue weighted by Gasteiger charge is 2.20. The van der Waals surface area contributed by atoms with E-state index in [2.05, 4.69) is 5.32 Å². The van der Waals surface area contributed by atoms with E-state index in [0.29, 0.717) is 23.0 Å². The maximum absolute atomic E-state index is 12.6. The molecule has 3 aromatic rings. The molecule has 0 bridgehead atoms. The van der Waals surface area contributed by atoms with Crippen molar-refractivity contribution in [3.8, 4) is 0 Å². The highest BCUT2D eigenvalue weighted by molar-refractivity contribution is 6.31. The molecule has 2 aromatic carbocycles. The first kappa shape index (κ1) is 19.4. The Morgan fingerprint density at radius 1 is 1.21 bits per heavy atom. The number of anilines is 1. The zero-order valence-corrected chi connectivity index (χ0v) is 15.8. The van der Waals surface area contributed by atoms with Gasteiger partial charge in [-0.2, -0.15) is 0 Å². The number of carbonyl (C=O) groups excluding carboxylic acids is 1. The van der Waals surface area contributed by atoms with Crippen LogP contribution in [0, 0.1) is 10.1 Å². The maximum atomic E-state index is 12.6. The molecule has 0 saturated carbocycles. The first-order valence-corrected chi connectivity index (χ1v) is 8.87. The second kappa shape index (κ2) is 8.58. The summed E-state index contributed by atoms with van der Waals surface area (Å²) < 4.78 is 5.23. The normalized spacial score (nSPS) is 10.5. The van der Waals surface area contributed by atoms with E-state index >= 15 is 0 Å². The van der Waals surface area contributed by atoms with Crippen molar-refractivity contribution >= 4 is 28.9 Å². The summed E-state index contributed by atoms with van der Waals surface area (Å²) in [4.78, 5) is 25.0. The summed E-state index contributed by atoms with van der Waals surface area (Å²) in [5.41, 5.74) is 1.18. The van der Waals surface area contributed by atoms with Gasteiger partial charge in [0.25, 0.3) is 11.6 Å². The Labute approximate surface area is 166 Å².